The van der Waals surface area contributed by atoms with Crippen LogP contribution < -0.4 is 9.47 Å². The van der Waals surface area contributed by atoms with Crippen LogP contribution in [0.15, 0.2) is 17.1 Å². The van der Waals surface area contributed by atoms with Crippen LogP contribution in [-0.4, -0.2) is 41.8 Å². The highest BCUT2D eigenvalue weighted by Crippen LogP contribution is 2.36. The zero-order chi connectivity index (χ0) is 15.0. The molecular weight excluding hydrogens is 308 g/mol. The number of hydrogen-bond donors (Lipinski definition) is 0. The van der Waals surface area contributed by atoms with Gasteiger partial charge < -0.3 is 9.47 Å². The van der Waals surface area contributed by atoms with Crippen LogP contribution >= 0.6 is 23.1 Å². The number of Topliss-reactive ketones (excluding diaryl/α,β-unsaturated/α-hetero) is 1. The van der Waals surface area contributed by atoms with E-state index in [4.69, 9.17) is 9.47 Å². The molecule has 110 valence electrons. The Bertz CT molecular complexity index is 698. The molecule has 2 aromatic rings. The first kappa shape index (κ1) is 14.3. The monoisotopic (exact) mass is 322 g/mol. The number of fused-ring (bicyclic) bond motifs is 1. The van der Waals surface area contributed by atoms with Crippen molar-refractivity contribution in [3.63, 3.8) is 0 Å². The van der Waals surface area contributed by atoms with E-state index in [1.54, 1.807) is 44.2 Å². The number of aliphatic imine (C=N–C) groups is 1. The first-order valence-corrected chi connectivity index (χ1v) is 8.16. The van der Waals surface area contributed by atoms with E-state index < -0.39 is 0 Å². The van der Waals surface area contributed by atoms with Gasteiger partial charge in [-0.3, -0.25) is 9.79 Å². The number of methoxy groups -OCH3 is 2. The second kappa shape index (κ2) is 5.65. The molecule has 0 aliphatic carbocycles. The highest BCUT2D eigenvalue weighted by atomic mass is 32.2. The Morgan fingerprint density at radius 2 is 2.00 bits per heavy atom. The van der Waals surface area contributed by atoms with E-state index in [-0.39, 0.29) is 11.8 Å². The SMILES string of the molecule is COc1cc2nc(C3=NC(C(C)=O)CS3)sc2cc1OC. The third-order valence-corrected chi connectivity index (χ3v) is 5.41. The molecular formula is C14H14N2O3S2. The second-order valence-electron chi connectivity index (χ2n) is 4.57. The summed E-state index contributed by atoms with van der Waals surface area (Å²) in [5, 5.41) is 1.68. The van der Waals surface area contributed by atoms with E-state index in [0.717, 1.165) is 20.3 Å². The largest absolute Gasteiger partial charge is 0.493 e. The van der Waals surface area contributed by atoms with Gasteiger partial charge in [-0.15, -0.1) is 23.1 Å². The molecule has 0 saturated heterocycles. The summed E-state index contributed by atoms with van der Waals surface area (Å²) in [4.78, 5) is 20.4. The highest BCUT2D eigenvalue weighted by Gasteiger charge is 2.25. The van der Waals surface area contributed by atoms with Crippen molar-refractivity contribution in [1.29, 1.82) is 0 Å². The van der Waals surface area contributed by atoms with Gasteiger partial charge in [0, 0.05) is 17.9 Å². The number of carbonyl (C=O) groups excluding carboxylic acids is 1. The number of benzene rings is 1. The molecule has 0 fully saturated rings. The summed E-state index contributed by atoms with van der Waals surface area (Å²) in [6.07, 6.45) is 0. The van der Waals surface area contributed by atoms with Gasteiger partial charge in [-0.05, 0) is 6.92 Å². The van der Waals surface area contributed by atoms with Gasteiger partial charge in [0.1, 0.15) is 16.1 Å². The van der Waals surface area contributed by atoms with E-state index in [1.165, 1.54) is 0 Å². The molecule has 2 heterocycles. The Labute approximate surface area is 130 Å². The number of rotatable bonds is 4. The van der Waals surface area contributed by atoms with Crippen molar-refractivity contribution in [1.82, 2.24) is 4.98 Å². The van der Waals surface area contributed by atoms with Crippen molar-refractivity contribution in [3.8, 4) is 11.5 Å². The van der Waals surface area contributed by atoms with Gasteiger partial charge >= 0.3 is 0 Å². The number of ketones is 1. The van der Waals surface area contributed by atoms with Crippen LogP contribution in [0, 0.1) is 0 Å². The van der Waals surface area contributed by atoms with Gasteiger partial charge in [0.05, 0.1) is 24.4 Å². The van der Waals surface area contributed by atoms with Crippen LogP contribution in [0.5, 0.6) is 11.5 Å². The van der Waals surface area contributed by atoms with E-state index in [9.17, 15) is 4.79 Å². The fraction of sp³-hybridized carbons (Fsp3) is 0.357. The molecule has 1 aromatic carbocycles. The molecule has 1 unspecified atom stereocenters. The van der Waals surface area contributed by atoms with Crippen LogP contribution in [-0.2, 0) is 4.79 Å². The Kier molecular flexibility index (Phi) is 3.86. The maximum Gasteiger partial charge on any atom is 0.162 e. The first-order valence-electron chi connectivity index (χ1n) is 6.36. The fourth-order valence-corrected chi connectivity index (χ4v) is 4.21. The number of aromatic nitrogens is 1. The molecule has 1 aliphatic heterocycles. The first-order chi connectivity index (χ1) is 10.1. The number of hydrogen-bond acceptors (Lipinski definition) is 7. The van der Waals surface area contributed by atoms with Gasteiger partial charge in [-0.2, -0.15) is 0 Å². The average molecular weight is 322 g/mol. The number of ether oxygens (including phenoxy) is 2. The number of carbonyl (C=O) groups is 1. The number of thiazole rings is 1. The molecule has 1 aliphatic rings. The summed E-state index contributed by atoms with van der Waals surface area (Å²) in [7, 11) is 3.21. The Morgan fingerprint density at radius 1 is 1.29 bits per heavy atom. The van der Waals surface area contributed by atoms with Gasteiger partial charge in [0.2, 0.25) is 0 Å². The summed E-state index contributed by atoms with van der Waals surface area (Å²) in [5.74, 6) is 2.14. The maximum atomic E-state index is 11.4. The maximum absolute atomic E-state index is 11.4. The van der Waals surface area contributed by atoms with Crippen molar-refractivity contribution in [2.45, 2.75) is 13.0 Å². The van der Waals surface area contributed by atoms with Gasteiger partial charge in [0.15, 0.2) is 17.3 Å². The minimum absolute atomic E-state index is 0.0990. The predicted octanol–water partition coefficient (Wildman–Crippen LogP) is 2.76. The molecule has 3 rings (SSSR count). The van der Waals surface area contributed by atoms with Crippen molar-refractivity contribution < 1.29 is 14.3 Å². The van der Waals surface area contributed by atoms with Crippen molar-refractivity contribution >= 4 is 44.1 Å². The lowest BCUT2D eigenvalue weighted by Crippen LogP contribution is -2.14. The van der Waals surface area contributed by atoms with Gasteiger partial charge in [-0.25, -0.2) is 4.98 Å². The topological polar surface area (TPSA) is 60.8 Å². The molecule has 0 spiro atoms. The van der Waals surface area contributed by atoms with Gasteiger partial charge in [0.25, 0.3) is 0 Å². The van der Waals surface area contributed by atoms with Crippen molar-refractivity contribution in [2.75, 3.05) is 20.0 Å². The lowest BCUT2D eigenvalue weighted by Gasteiger charge is -2.05. The van der Waals surface area contributed by atoms with Crippen LogP contribution in [0.1, 0.15) is 11.9 Å². The third-order valence-electron chi connectivity index (χ3n) is 3.20. The number of thioether (sulfide) groups is 1. The molecule has 7 heteroatoms. The summed E-state index contributed by atoms with van der Waals surface area (Å²) >= 11 is 3.13. The lowest BCUT2D eigenvalue weighted by molar-refractivity contribution is -0.117. The normalized spacial score (nSPS) is 17.9. The van der Waals surface area contributed by atoms with Crippen molar-refractivity contribution in [3.05, 3.63) is 17.1 Å². The molecule has 1 aromatic heterocycles. The summed E-state index contributed by atoms with van der Waals surface area (Å²) in [6.45, 7) is 1.58. The third kappa shape index (κ3) is 2.63. The van der Waals surface area contributed by atoms with Crippen LogP contribution in [0.2, 0.25) is 0 Å². The minimum Gasteiger partial charge on any atom is -0.493 e. The molecule has 0 amide bonds. The van der Waals surface area contributed by atoms with Crippen LogP contribution in [0.25, 0.3) is 10.2 Å². The predicted molar refractivity (Wildman–Crippen MR) is 86.2 cm³/mol. The average Bonchev–Trinajstić information content (AvgIpc) is 3.11. The lowest BCUT2D eigenvalue weighted by atomic mass is 10.2. The molecule has 0 radical (unpaired) electrons. The quantitative estimate of drug-likeness (QED) is 0.866. The summed E-state index contributed by atoms with van der Waals surface area (Å²) in [6, 6.07) is 3.54. The smallest absolute Gasteiger partial charge is 0.162 e. The highest BCUT2D eigenvalue weighted by molar-refractivity contribution is 8.15. The summed E-state index contributed by atoms with van der Waals surface area (Å²) in [5.41, 5.74) is 0.849. The molecule has 5 nitrogen and oxygen atoms in total. The molecule has 0 saturated carbocycles. The fourth-order valence-electron chi connectivity index (χ4n) is 2.05. The Hall–Kier alpha value is -1.60. The molecule has 0 N–H and O–H groups in total. The van der Waals surface area contributed by atoms with E-state index in [2.05, 4.69) is 9.98 Å². The molecule has 1 atom stereocenters. The minimum atomic E-state index is -0.235. The Balaban J connectivity index is 2.02. The van der Waals surface area contributed by atoms with E-state index in [0.29, 0.717) is 17.3 Å². The van der Waals surface area contributed by atoms with Gasteiger partial charge in [-0.1, -0.05) is 0 Å². The molecule has 21 heavy (non-hydrogen) atoms. The molecule has 0 bridgehead atoms. The van der Waals surface area contributed by atoms with E-state index in [1.807, 2.05) is 12.1 Å². The van der Waals surface area contributed by atoms with Crippen LogP contribution in [0.4, 0.5) is 0 Å². The van der Waals surface area contributed by atoms with E-state index >= 15 is 0 Å². The van der Waals surface area contributed by atoms with Crippen molar-refractivity contribution in [2.24, 2.45) is 4.99 Å². The Morgan fingerprint density at radius 3 is 2.62 bits per heavy atom. The number of nitrogens with zero attached hydrogens (tertiary/aromatic N) is 2. The second-order valence-corrected chi connectivity index (χ2v) is 6.60. The zero-order valence-electron chi connectivity index (χ0n) is 11.9. The van der Waals surface area contributed by atoms with Crippen LogP contribution in [0.3, 0.4) is 0 Å². The zero-order valence-corrected chi connectivity index (χ0v) is 13.5. The summed E-state index contributed by atoms with van der Waals surface area (Å²) < 4.78 is 11.6. The standard InChI is InChI=1S/C14H14N2O3S2/c1-7(17)9-6-20-13(16-9)14-15-8-4-10(18-2)11(19-3)5-12(8)21-14/h4-5,9H,6H2,1-3H3.